The number of piperidine rings is 1. The number of piperazine rings is 1. The molecule has 2 N–H and O–H groups in total. The van der Waals surface area contributed by atoms with Crippen LogP contribution in [0.1, 0.15) is 123 Å². The van der Waals surface area contributed by atoms with Gasteiger partial charge < -0.3 is 24.8 Å². The zero-order valence-corrected chi connectivity index (χ0v) is 45.8. The zero-order chi connectivity index (χ0) is 52.9. The first-order chi connectivity index (χ1) is 35.9. The second-order valence-corrected chi connectivity index (χ2v) is 20.6. The summed E-state index contributed by atoms with van der Waals surface area (Å²) in [6.07, 6.45) is 16.0. The van der Waals surface area contributed by atoms with E-state index in [-0.39, 0.29) is 54.8 Å². The van der Waals surface area contributed by atoms with E-state index in [1.807, 2.05) is 56.5 Å². The van der Waals surface area contributed by atoms with Crippen molar-refractivity contribution in [2.75, 3.05) is 69.7 Å². The van der Waals surface area contributed by atoms with Crippen molar-refractivity contribution in [2.45, 2.75) is 124 Å². The van der Waals surface area contributed by atoms with Gasteiger partial charge in [-0.1, -0.05) is 64.3 Å². The molecule has 0 spiro atoms. The van der Waals surface area contributed by atoms with Crippen molar-refractivity contribution in [3.05, 3.63) is 95.4 Å². The lowest BCUT2D eigenvalue weighted by molar-refractivity contribution is -0.123. The normalized spacial score (nSPS) is 18.5. The minimum atomic E-state index is -0.514. The Morgan fingerprint density at radius 2 is 1.68 bits per heavy atom. The van der Waals surface area contributed by atoms with Crippen LogP contribution in [0.4, 0.5) is 19.7 Å². The number of methoxy groups -OCH3 is 1. The SMILES string of the molecule is CC.CCCC(CCC)CN1CCN(c2ccc(NC3CCC(=O)CNC3=O)cc2F)CC1.COCc1nc2ccc(-c3ccnc4c3cc(C(C)N3CCC(C5=CC=C(C(C)=O)CC5)CC3)n4C)cc2n1SF. The number of pyridine rings is 1. The predicted octanol–water partition coefficient (Wildman–Crippen LogP) is 11.6. The summed E-state index contributed by atoms with van der Waals surface area (Å²) >= 11 is 0.148. The fraction of sp³-hybridized carbons (Fsp3) is 0.534. The van der Waals surface area contributed by atoms with Crippen LogP contribution in [0.2, 0.25) is 0 Å². The Morgan fingerprint density at radius 3 is 2.32 bits per heavy atom. The highest BCUT2D eigenvalue weighted by Crippen LogP contribution is 2.38. The van der Waals surface area contributed by atoms with E-state index in [9.17, 15) is 22.7 Å². The molecular weight excluding hydrogens is 957 g/mol. The summed E-state index contributed by atoms with van der Waals surface area (Å²) in [5.41, 5.74) is 9.33. The molecule has 1 amide bonds. The van der Waals surface area contributed by atoms with Crippen LogP contribution in [-0.4, -0.2) is 111 Å². The Labute approximate surface area is 442 Å². The Hall–Kier alpha value is -5.42. The van der Waals surface area contributed by atoms with Gasteiger partial charge in [-0.2, -0.15) is 0 Å². The number of aryl methyl sites for hydroxylation is 1. The molecule has 3 fully saturated rings. The van der Waals surface area contributed by atoms with Crippen molar-refractivity contribution in [3.8, 4) is 11.1 Å². The summed E-state index contributed by atoms with van der Waals surface area (Å²) in [5.74, 6) is 1.63. The first kappa shape index (κ1) is 56.3. The van der Waals surface area contributed by atoms with Crippen LogP contribution in [-0.2, 0) is 32.8 Å². The molecule has 2 unspecified atom stereocenters. The van der Waals surface area contributed by atoms with Crippen molar-refractivity contribution in [2.24, 2.45) is 18.9 Å². The lowest BCUT2D eigenvalue weighted by atomic mass is 9.82. The number of likely N-dealkylation sites (tertiary alicyclic amines) is 1. The number of halogens is 2. The number of benzene rings is 2. The molecule has 400 valence electrons. The van der Waals surface area contributed by atoms with Gasteiger partial charge >= 0.3 is 0 Å². The number of allylic oxidation sites excluding steroid dienone is 4. The summed E-state index contributed by atoms with van der Waals surface area (Å²) in [7, 11) is 3.68. The number of nitrogens with zero attached hydrogens (tertiary/aromatic N) is 7. The number of aromatic nitrogens is 4. The van der Waals surface area contributed by atoms with Gasteiger partial charge in [0.1, 0.15) is 29.9 Å². The number of carbonyl (C=O) groups is 3. The van der Waals surface area contributed by atoms with Gasteiger partial charge in [0.2, 0.25) is 5.91 Å². The number of amides is 1. The van der Waals surface area contributed by atoms with Crippen LogP contribution in [0.3, 0.4) is 0 Å². The third-order valence-corrected chi connectivity index (χ3v) is 15.9. The molecule has 3 aromatic heterocycles. The molecule has 0 saturated carbocycles. The van der Waals surface area contributed by atoms with Crippen LogP contribution in [0, 0.1) is 17.7 Å². The second-order valence-electron chi connectivity index (χ2n) is 20.1. The monoisotopic (exact) mass is 1040 g/mol. The molecule has 74 heavy (non-hydrogen) atoms. The highest BCUT2D eigenvalue weighted by atomic mass is 32.2. The Morgan fingerprint density at radius 1 is 0.932 bits per heavy atom. The fourth-order valence-corrected chi connectivity index (χ4v) is 11.7. The topological polar surface area (TPSA) is 130 Å². The van der Waals surface area contributed by atoms with E-state index in [1.165, 1.54) is 47.0 Å². The summed E-state index contributed by atoms with van der Waals surface area (Å²) in [6.45, 7) is 19.6. The number of imidazole rings is 1. The summed E-state index contributed by atoms with van der Waals surface area (Å²) in [4.78, 5) is 51.8. The minimum absolute atomic E-state index is 0.0222. The van der Waals surface area contributed by atoms with Gasteiger partial charge in [-0.25, -0.2) is 18.3 Å². The fourth-order valence-electron chi connectivity index (χ4n) is 11.3. The highest BCUT2D eigenvalue weighted by Gasteiger charge is 2.30. The first-order valence-electron chi connectivity index (χ1n) is 27.1. The molecule has 4 aliphatic rings. The van der Waals surface area contributed by atoms with Crippen molar-refractivity contribution in [3.63, 3.8) is 0 Å². The predicted molar refractivity (Wildman–Crippen MR) is 297 cm³/mol. The van der Waals surface area contributed by atoms with Gasteiger partial charge in [-0.05, 0) is 143 Å². The number of Topliss-reactive ketones (excluding diaryl/α,β-unsaturated/α-hetero) is 2. The molecule has 6 heterocycles. The van der Waals surface area contributed by atoms with Crippen molar-refractivity contribution >= 4 is 63.2 Å². The minimum Gasteiger partial charge on any atom is -0.377 e. The lowest BCUT2D eigenvalue weighted by Crippen LogP contribution is -2.48. The zero-order valence-electron chi connectivity index (χ0n) is 45.0. The number of carbonyl (C=O) groups excluding carboxylic acids is 3. The molecule has 2 aromatic carbocycles. The average Bonchev–Trinajstić information content (AvgIpc) is 3.90. The number of hydrogen-bond acceptors (Lipinski definition) is 11. The van der Waals surface area contributed by atoms with Crippen LogP contribution in [0.15, 0.2) is 78.0 Å². The Kier molecular flexibility index (Phi) is 20.5. The van der Waals surface area contributed by atoms with E-state index in [0.717, 1.165) is 116 Å². The van der Waals surface area contributed by atoms with E-state index in [1.54, 1.807) is 20.1 Å². The van der Waals surface area contributed by atoms with Gasteiger partial charge in [0.25, 0.3) is 0 Å². The molecule has 0 radical (unpaired) electrons. The van der Waals surface area contributed by atoms with Crippen molar-refractivity contribution in [1.29, 1.82) is 0 Å². The van der Waals surface area contributed by atoms with Gasteiger partial charge in [0.15, 0.2) is 23.9 Å². The molecule has 3 saturated heterocycles. The molecule has 1 aliphatic carbocycles. The Bertz CT molecular complexity index is 2770. The molecule has 5 aromatic rings. The maximum Gasteiger partial charge on any atom is 0.242 e. The molecule has 2 atom stereocenters. The van der Waals surface area contributed by atoms with Crippen molar-refractivity contribution < 1.29 is 27.4 Å². The maximum absolute atomic E-state index is 14.9. The molecule has 13 nitrogen and oxygen atoms in total. The molecule has 16 heteroatoms. The van der Waals surface area contributed by atoms with E-state index >= 15 is 0 Å². The van der Waals surface area contributed by atoms with Gasteiger partial charge in [-0.3, -0.25) is 24.2 Å². The number of ether oxygens (including phenoxy) is 1. The molecule has 3 aliphatic heterocycles. The first-order valence-corrected chi connectivity index (χ1v) is 27.8. The van der Waals surface area contributed by atoms with E-state index in [2.05, 4.69) is 74.8 Å². The summed E-state index contributed by atoms with van der Waals surface area (Å²) in [5, 5.41) is 6.79. The number of ketones is 2. The maximum atomic E-state index is 14.9. The number of anilines is 2. The van der Waals surface area contributed by atoms with Crippen LogP contribution in [0.25, 0.3) is 33.2 Å². The second kappa shape index (κ2) is 26.9. The molecule has 0 bridgehead atoms. The summed E-state index contributed by atoms with van der Waals surface area (Å²) < 4.78 is 37.7. The molecular formula is C58H79F2N9O4S. The number of nitrogens with one attached hydrogen (secondary N) is 2. The van der Waals surface area contributed by atoms with Gasteiger partial charge in [-0.15, -0.1) is 3.89 Å². The standard InChI is InChI=1S/C32H36FN5O2S.C24H37FN4O2.C2H6/c1-20(37-15-12-24(13-16-37)23-7-5-22(6-8-23)21(2)39)29-18-27-26(11-14-34-32(27)36(29)3)25-9-10-28-30(17-25)38(41-33)31(35-28)19-40-4;1-3-5-18(6-4-2)17-28-11-13-29(14-12-28)23-10-7-19(15-21(23)25)27-22-9-8-20(30)16-26-24(22)31;1-2/h5,7,9-11,14,17-18,20,24H,6,8,12-13,15-16,19H2,1-4H3;7,10,15,18,22,27H,3-6,8-9,11-14,16-17H2,1-2H3,(H,26,31);1-2H3. The number of fused-ring (bicyclic) bond motifs is 2. The number of hydrogen-bond donors (Lipinski definition) is 2. The smallest absolute Gasteiger partial charge is 0.242 e. The van der Waals surface area contributed by atoms with Crippen LogP contribution in [0.5, 0.6) is 0 Å². The van der Waals surface area contributed by atoms with Gasteiger partial charge in [0, 0.05) is 82.3 Å². The highest BCUT2D eigenvalue weighted by molar-refractivity contribution is 7.93. The van der Waals surface area contributed by atoms with Gasteiger partial charge in [0.05, 0.1) is 23.3 Å². The van der Waals surface area contributed by atoms with E-state index in [0.29, 0.717) is 36.0 Å². The van der Waals surface area contributed by atoms with E-state index < -0.39 is 6.04 Å². The molecule has 9 rings (SSSR count). The average molecular weight is 1040 g/mol. The third-order valence-electron chi connectivity index (χ3n) is 15.4. The third kappa shape index (κ3) is 13.5. The van der Waals surface area contributed by atoms with E-state index in [4.69, 9.17) is 9.72 Å². The lowest BCUT2D eigenvalue weighted by Gasteiger charge is -2.38. The van der Waals surface area contributed by atoms with Crippen LogP contribution < -0.4 is 15.5 Å². The van der Waals surface area contributed by atoms with Crippen molar-refractivity contribution in [1.82, 2.24) is 33.6 Å². The summed E-state index contributed by atoms with van der Waals surface area (Å²) in [6, 6.07) is 15.1. The number of rotatable bonds is 17. The van der Waals surface area contributed by atoms with Crippen LogP contribution >= 0.6 is 12.3 Å². The largest absolute Gasteiger partial charge is 0.377 e. The quantitative estimate of drug-likeness (QED) is 0.0923. The Balaban J connectivity index is 0.000000218.